The maximum absolute atomic E-state index is 11.4. The van der Waals surface area contributed by atoms with Crippen molar-refractivity contribution in [2.75, 3.05) is 13.6 Å². The van der Waals surface area contributed by atoms with Crippen molar-refractivity contribution in [2.45, 2.75) is 39.2 Å². The zero-order valence-electron chi connectivity index (χ0n) is 8.84. The number of nitrogens with zero attached hydrogens (tertiary/aromatic N) is 1. The van der Waals surface area contributed by atoms with E-state index in [0.717, 1.165) is 13.0 Å². The SMILES string of the molecule is CNC(=O)N(CCC(C)C)C1CC1. The van der Waals surface area contributed by atoms with Crippen LogP contribution in [0.1, 0.15) is 33.1 Å². The summed E-state index contributed by atoms with van der Waals surface area (Å²) in [5.41, 5.74) is 0. The molecule has 1 saturated carbocycles. The molecule has 3 nitrogen and oxygen atoms in total. The van der Waals surface area contributed by atoms with E-state index in [1.54, 1.807) is 7.05 Å². The maximum Gasteiger partial charge on any atom is 0.317 e. The highest BCUT2D eigenvalue weighted by Gasteiger charge is 2.31. The molecule has 1 N–H and O–H groups in total. The van der Waals surface area contributed by atoms with Gasteiger partial charge >= 0.3 is 6.03 Å². The number of carbonyl (C=O) groups excluding carboxylic acids is 1. The predicted octanol–water partition coefficient (Wildman–Crippen LogP) is 1.84. The maximum atomic E-state index is 11.4. The second-order valence-electron chi connectivity index (χ2n) is 4.16. The van der Waals surface area contributed by atoms with Crippen LogP contribution in [0.25, 0.3) is 0 Å². The highest BCUT2D eigenvalue weighted by Crippen LogP contribution is 2.27. The van der Waals surface area contributed by atoms with Gasteiger partial charge in [0.1, 0.15) is 0 Å². The normalized spacial score (nSPS) is 16.0. The minimum atomic E-state index is 0.0863. The number of hydrogen-bond donors (Lipinski definition) is 1. The zero-order valence-corrected chi connectivity index (χ0v) is 8.84. The fourth-order valence-corrected chi connectivity index (χ4v) is 1.38. The van der Waals surface area contributed by atoms with E-state index in [1.165, 1.54) is 12.8 Å². The number of rotatable bonds is 4. The highest BCUT2D eigenvalue weighted by molar-refractivity contribution is 5.74. The van der Waals surface area contributed by atoms with Crippen molar-refractivity contribution >= 4 is 6.03 Å². The summed E-state index contributed by atoms with van der Waals surface area (Å²) in [6.07, 6.45) is 3.47. The van der Waals surface area contributed by atoms with Crippen LogP contribution in [0.15, 0.2) is 0 Å². The minimum absolute atomic E-state index is 0.0863. The topological polar surface area (TPSA) is 32.3 Å². The van der Waals surface area contributed by atoms with Gasteiger partial charge in [-0.2, -0.15) is 0 Å². The Labute approximate surface area is 80.5 Å². The Bertz CT molecular complexity index is 176. The lowest BCUT2D eigenvalue weighted by Gasteiger charge is -2.22. The van der Waals surface area contributed by atoms with Gasteiger partial charge in [0, 0.05) is 19.6 Å². The van der Waals surface area contributed by atoms with E-state index < -0.39 is 0 Å². The molecule has 0 aromatic carbocycles. The molecule has 3 heteroatoms. The molecule has 0 heterocycles. The number of carbonyl (C=O) groups is 1. The van der Waals surface area contributed by atoms with Gasteiger partial charge in [0.2, 0.25) is 0 Å². The molecule has 0 aromatic rings. The fraction of sp³-hybridized carbons (Fsp3) is 0.900. The van der Waals surface area contributed by atoms with Crippen molar-refractivity contribution in [3.8, 4) is 0 Å². The molecule has 0 aromatic heterocycles. The van der Waals surface area contributed by atoms with E-state index in [1.807, 2.05) is 4.90 Å². The monoisotopic (exact) mass is 184 g/mol. The molecule has 1 fully saturated rings. The van der Waals surface area contributed by atoms with Crippen molar-refractivity contribution in [3.63, 3.8) is 0 Å². The van der Waals surface area contributed by atoms with Crippen LogP contribution >= 0.6 is 0 Å². The molecule has 0 radical (unpaired) electrons. The first-order valence-electron chi connectivity index (χ1n) is 5.13. The Kier molecular flexibility index (Phi) is 3.58. The van der Waals surface area contributed by atoms with Gasteiger partial charge in [0.05, 0.1) is 0 Å². The summed E-state index contributed by atoms with van der Waals surface area (Å²) >= 11 is 0. The van der Waals surface area contributed by atoms with Gasteiger partial charge in [0.25, 0.3) is 0 Å². The van der Waals surface area contributed by atoms with Crippen LogP contribution in [0, 0.1) is 5.92 Å². The molecule has 0 spiro atoms. The van der Waals surface area contributed by atoms with E-state index in [9.17, 15) is 4.79 Å². The summed E-state index contributed by atoms with van der Waals surface area (Å²) in [4.78, 5) is 13.4. The van der Waals surface area contributed by atoms with E-state index in [-0.39, 0.29) is 6.03 Å². The highest BCUT2D eigenvalue weighted by atomic mass is 16.2. The fourth-order valence-electron chi connectivity index (χ4n) is 1.38. The van der Waals surface area contributed by atoms with Crippen LogP contribution in [0.4, 0.5) is 4.79 Å². The van der Waals surface area contributed by atoms with Crippen LogP contribution in [-0.2, 0) is 0 Å². The number of urea groups is 1. The Morgan fingerprint density at radius 2 is 2.15 bits per heavy atom. The number of hydrogen-bond acceptors (Lipinski definition) is 1. The van der Waals surface area contributed by atoms with Crippen LogP contribution in [0.5, 0.6) is 0 Å². The van der Waals surface area contributed by atoms with Crippen molar-refractivity contribution in [2.24, 2.45) is 5.92 Å². The first kappa shape index (κ1) is 10.4. The van der Waals surface area contributed by atoms with Gasteiger partial charge in [-0.15, -0.1) is 0 Å². The number of nitrogens with one attached hydrogen (secondary N) is 1. The molecular formula is C10H20N2O. The summed E-state index contributed by atoms with van der Waals surface area (Å²) in [5.74, 6) is 0.672. The minimum Gasteiger partial charge on any atom is -0.341 e. The Morgan fingerprint density at radius 3 is 2.54 bits per heavy atom. The van der Waals surface area contributed by atoms with E-state index in [2.05, 4.69) is 19.2 Å². The third-order valence-electron chi connectivity index (χ3n) is 2.41. The largest absolute Gasteiger partial charge is 0.341 e. The van der Waals surface area contributed by atoms with E-state index in [0.29, 0.717) is 12.0 Å². The Morgan fingerprint density at radius 1 is 1.54 bits per heavy atom. The van der Waals surface area contributed by atoms with Crippen molar-refractivity contribution in [1.82, 2.24) is 10.2 Å². The van der Waals surface area contributed by atoms with Gasteiger partial charge < -0.3 is 10.2 Å². The van der Waals surface area contributed by atoms with Crippen LogP contribution < -0.4 is 5.32 Å². The lowest BCUT2D eigenvalue weighted by molar-refractivity contribution is 0.194. The third kappa shape index (κ3) is 3.25. The Balaban J connectivity index is 2.33. The molecule has 13 heavy (non-hydrogen) atoms. The molecular weight excluding hydrogens is 164 g/mol. The second-order valence-corrected chi connectivity index (χ2v) is 4.16. The molecule has 1 aliphatic carbocycles. The quantitative estimate of drug-likeness (QED) is 0.710. The molecule has 0 aliphatic heterocycles. The Hall–Kier alpha value is -0.730. The van der Waals surface area contributed by atoms with Crippen LogP contribution in [0.2, 0.25) is 0 Å². The zero-order chi connectivity index (χ0) is 9.84. The summed E-state index contributed by atoms with van der Waals surface area (Å²) in [7, 11) is 1.70. The van der Waals surface area contributed by atoms with Gasteiger partial charge in [-0.3, -0.25) is 0 Å². The molecule has 1 aliphatic rings. The lowest BCUT2D eigenvalue weighted by atomic mass is 10.1. The van der Waals surface area contributed by atoms with Crippen molar-refractivity contribution in [3.05, 3.63) is 0 Å². The smallest absolute Gasteiger partial charge is 0.317 e. The first-order chi connectivity index (χ1) is 6.15. The molecule has 0 atom stereocenters. The van der Waals surface area contributed by atoms with Gasteiger partial charge in [-0.1, -0.05) is 13.8 Å². The summed E-state index contributed by atoms with van der Waals surface area (Å²) in [6, 6.07) is 0.613. The van der Waals surface area contributed by atoms with Crippen LogP contribution in [-0.4, -0.2) is 30.6 Å². The molecule has 1 rings (SSSR count). The van der Waals surface area contributed by atoms with Gasteiger partial charge in [-0.05, 0) is 25.2 Å². The predicted molar refractivity (Wildman–Crippen MR) is 53.6 cm³/mol. The van der Waals surface area contributed by atoms with E-state index in [4.69, 9.17) is 0 Å². The number of amides is 2. The van der Waals surface area contributed by atoms with Crippen LogP contribution in [0.3, 0.4) is 0 Å². The van der Waals surface area contributed by atoms with Crippen molar-refractivity contribution < 1.29 is 4.79 Å². The standard InChI is InChI=1S/C10H20N2O/c1-8(2)6-7-12(9-4-5-9)10(13)11-3/h8-9H,4-7H2,1-3H3,(H,11,13). The van der Waals surface area contributed by atoms with Crippen molar-refractivity contribution in [1.29, 1.82) is 0 Å². The average Bonchev–Trinajstić information content (AvgIpc) is 2.87. The van der Waals surface area contributed by atoms with E-state index >= 15 is 0 Å². The lowest BCUT2D eigenvalue weighted by Crippen LogP contribution is -2.40. The molecule has 0 unspecified atom stereocenters. The second kappa shape index (κ2) is 4.49. The molecule has 0 bridgehead atoms. The summed E-state index contributed by atoms with van der Waals surface area (Å²) < 4.78 is 0. The molecule has 2 amide bonds. The third-order valence-corrected chi connectivity index (χ3v) is 2.41. The van der Waals surface area contributed by atoms with Gasteiger partial charge in [0.15, 0.2) is 0 Å². The molecule has 76 valence electrons. The summed E-state index contributed by atoms with van der Waals surface area (Å²) in [6.45, 7) is 5.28. The molecule has 0 saturated heterocycles. The van der Waals surface area contributed by atoms with Gasteiger partial charge in [-0.25, -0.2) is 4.79 Å². The average molecular weight is 184 g/mol. The first-order valence-corrected chi connectivity index (χ1v) is 5.13. The summed E-state index contributed by atoms with van der Waals surface area (Å²) in [5, 5.41) is 2.70.